The van der Waals surface area contributed by atoms with E-state index in [-0.39, 0.29) is 0 Å². The summed E-state index contributed by atoms with van der Waals surface area (Å²) >= 11 is 0. The average Bonchev–Trinajstić information content (AvgIpc) is 2.66. The second kappa shape index (κ2) is 5.54. The summed E-state index contributed by atoms with van der Waals surface area (Å²) in [6.45, 7) is 0. The zero-order valence-electron chi connectivity index (χ0n) is 12.8. The Morgan fingerprint density at radius 2 is 1.04 bits per heavy atom. The summed E-state index contributed by atoms with van der Waals surface area (Å²) < 4.78 is 0. The molecule has 0 atom stereocenters. The van der Waals surface area contributed by atoms with E-state index >= 15 is 0 Å². The minimum atomic E-state index is 0.623. The molecule has 0 spiro atoms. The molecule has 110 valence electrons. The standard InChI is InChI=1S/C22H12N2/c23-13-21-17-8-4-5-9-18(17)22(14-24)20-12-16(10-11-19(20)21)15-6-2-1-3-7-15/h1-12H. The average molecular weight is 304 g/mol. The number of fused-ring (bicyclic) bond motifs is 2. The molecule has 4 aromatic rings. The molecule has 0 aliphatic heterocycles. The molecule has 0 heterocycles. The quantitative estimate of drug-likeness (QED) is 0.442. The maximum atomic E-state index is 9.73. The Balaban J connectivity index is 2.16. The van der Waals surface area contributed by atoms with Crippen LogP contribution in [0.15, 0.2) is 72.8 Å². The Bertz CT molecular complexity index is 1160. The second-order valence-electron chi connectivity index (χ2n) is 5.65. The highest BCUT2D eigenvalue weighted by molar-refractivity contribution is 6.10. The van der Waals surface area contributed by atoms with Gasteiger partial charge in [0.1, 0.15) is 12.1 Å². The van der Waals surface area contributed by atoms with Gasteiger partial charge >= 0.3 is 0 Å². The fourth-order valence-electron chi connectivity index (χ4n) is 3.23. The third kappa shape index (κ3) is 2.02. The minimum absolute atomic E-state index is 0.623. The van der Waals surface area contributed by atoms with Gasteiger partial charge in [-0.25, -0.2) is 0 Å². The van der Waals surface area contributed by atoms with Crippen LogP contribution in [-0.4, -0.2) is 0 Å². The predicted octanol–water partition coefficient (Wildman–Crippen LogP) is 5.40. The van der Waals surface area contributed by atoms with Crippen LogP contribution in [0, 0.1) is 22.7 Å². The van der Waals surface area contributed by atoms with Crippen LogP contribution in [-0.2, 0) is 0 Å². The lowest BCUT2D eigenvalue weighted by Crippen LogP contribution is -1.90. The highest BCUT2D eigenvalue weighted by atomic mass is 14.3. The van der Waals surface area contributed by atoms with Crippen LogP contribution in [0.4, 0.5) is 0 Å². The lowest BCUT2D eigenvalue weighted by molar-refractivity contribution is 1.50. The zero-order chi connectivity index (χ0) is 16.5. The van der Waals surface area contributed by atoms with Gasteiger partial charge < -0.3 is 0 Å². The minimum Gasteiger partial charge on any atom is -0.192 e. The van der Waals surface area contributed by atoms with Gasteiger partial charge in [-0.05, 0) is 17.2 Å². The Morgan fingerprint density at radius 3 is 1.67 bits per heavy atom. The van der Waals surface area contributed by atoms with Crippen LogP contribution in [0.2, 0.25) is 0 Å². The van der Waals surface area contributed by atoms with Crippen molar-refractivity contribution >= 4 is 21.5 Å². The van der Waals surface area contributed by atoms with E-state index in [1.807, 2.05) is 72.8 Å². The summed E-state index contributed by atoms with van der Waals surface area (Å²) in [7, 11) is 0. The van der Waals surface area contributed by atoms with Gasteiger partial charge in [0.2, 0.25) is 0 Å². The molecule has 0 saturated carbocycles. The summed E-state index contributed by atoms with van der Waals surface area (Å²) in [6, 6.07) is 28.3. The summed E-state index contributed by atoms with van der Waals surface area (Å²) in [5.41, 5.74) is 3.38. The maximum Gasteiger partial charge on any atom is 0.100 e. The first kappa shape index (κ1) is 14.0. The first-order chi connectivity index (χ1) is 11.8. The smallest absolute Gasteiger partial charge is 0.100 e. The first-order valence-electron chi connectivity index (χ1n) is 7.67. The fourth-order valence-corrected chi connectivity index (χ4v) is 3.23. The van der Waals surface area contributed by atoms with Gasteiger partial charge in [0.15, 0.2) is 0 Å². The summed E-state index contributed by atoms with van der Waals surface area (Å²) in [5, 5.41) is 22.7. The van der Waals surface area contributed by atoms with Crippen molar-refractivity contribution in [3.8, 4) is 23.3 Å². The Kier molecular flexibility index (Phi) is 3.23. The van der Waals surface area contributed by atoms with Gasteiger partial charge in [-0.2, -0.15) is 10.5 Å². The molecule has 4 rings (SSSR count). The third-order valence-corrected chi connectivity index (χ3v) is 4.35. The van der Waals surface area contributed by atoms with Gasteiger partial charge in [-0.3, -0.25) is 0 Å². The highest BCUT2D eigenvalue weighted by Crippen LogP contribution is 2.34. The Labute approximate surface area is 139 Å². The van der Waals surface area contributed by atoms with Crippen molar-refractivity contribution in [2.75, 3.05) is 0 Å². The van der Waals surface area contributed by atoms with E-state index < -0.39 is 0 Å². The molecule has 0 aromatic heterocycles. The predicted molar refractivity (Wildman–Crippen MR) is 96.3 cm³/mol. The second-order valence-corrected chi connectivity index (χ2v) is 5.65. The van der Waals surface area contributed by atoms with Crippen molar-refractivity contribution in [3.05, 3.63) is 83.9 Å². The molecular weight excluding hydrogens is 292 g/mol. The van der Waals surface area contributed by atoms with Crippen molar-refractivity contribution < 1.29 is 0 Å². The van der Waals surface area contributed by atoms with Crippen LogP contribution in [0.5, 0.6) is 0 Å². The van der Waals surface area contributed by atoms with Crippen LogP contribution in [0.25, 0.3) is 32.7 Å². The topological polar surface area (TPSA) is 47.6 Å². The molecule has 0 fully saturated rings. The Morgan fingerprint density at radius 1 is 0.500 bits per heavy atom. The van der Waals surface area contributed by atoms with Gasteiger partial charge in [0, 0.05) is 21.5 Å². The molecule has 0 bridgehead atoms. The van der Waals surface area contributed by atoms with Crippen molar-refractivity contribution in [1.82, 2.24) is 0 Å². The van der Waals surface area contributed by atoms with E-state index in [1.54, 1.807) is 0 Å². The van der Waals surface area contributed by atoms with Crippen LogP contribution >= 0.6 is 0 Å². The van der Waals surface area contributed by atoms with E-state index in [0.717, 1.165) is 32.7 Å². The van der Waals surface area contributed by atoms with E-state index in [2.05, 4.69) is 12.1 Å². The lowest BCUT2D eigenvalue weighted by atomic mass is 9.90. The number of hydrogen-bond acceptors (Lipinski definition) is 2. The summed E-state index contributed by atoms with van der Waals surface area (Å²) in [4.78, 5) is 0. The molecule has 2 heteroatoms. The molecule has 0 aliphatic carbocycles. The fraction of sp³-hybridized carbons (Fsp3) is 0. The first-order valence-corrected chi connectivity index (χ1v) is 7.67. The van der Waals surface area contributed by atoms with Crippen molar-refractivity contribution in [2.45, 2.75) is 0 Å². The molecule has 0 unspecified atom stereocenters. The molecule has 0 amide bonds. The normalized spacial score (nSPS) is 10.4. The summed E-state index contributed by atoms with van der Waals surface area (Å²) in [6.07, 6.45) is 0. The van der Waals surface area contributed by atoms with Crippen molar-refractivity contribution in [1.29, 1.82) is 10.5 Å². The molecule has 2 nitrogen and oxygen atoms in total. The molecule has 0 saturated heterocycles. The van der Waals surface area contributed by atoms with Crippen molar-refractivity contribution in [3.63, 3.8) is 0 Å². The molecule has 0 aliphatic rings. The zero-order valence-corrected chi connectivity index (χ0v) is 12.8. The largest absolute Gasteiger partial charge is 0.192 e. The van der Waals surface area contributed by atoms with Crippen LogP contribution < -0.4 is 0 Å². The Hall–Kier alpha value is -3.62. The van der Waals surface area contributed by atoms with Gasteiger partial charge in [0.25, 0.3) is 0 Å². The van der Waals surface area contributed by atoms with Gasteiger partial charge in [0.05, 0.1) is 11.1 Å². The van der Waals surface area contributed by atoms with Crippen LogP contribution in [0.3, 0.4) is 0 Å². The van der Waals surface area contributed by atoms with Crippen LogP contribution in [0.1, 0.15) is 11.1 Å². The van der Waals surface area contributed by atoms with E-state index in [1.165, 1.54) is 0 Å². The maximum absolute atomic E-state index is 9.73. The number of rotatable bonds is 1. The van der Waals surface area contributed by atoms with E-state index in [4.69, 9.17) is 0 Å². The SMILES string of the molecule is N#Cc1c2ccccc2c(C#N)c2cc(-c3ccccc3)ccc12. The van der Waals surface area contributed by atoms with Gasteiger partial charge in [-0.15, -0.1) is 0 Å². The number of hydrogen-bond donors (Lipinski definition) is 0. The molecule has 4 aromatic carbocycles. The number of nitrogens with zero attached hydrogens (tertiary/aromatic N) is 2. The molecule has 24 heavy (non-hydrogen) atoms. The molecule has 0 radical (unpaired) electrons. The van der Waals surface area contributed by atoms with E-state index in [0.29, 0.717) is 11.1 Å². The summed E-state index contributed by atoms with van der Waals surface area (Å²) in [5.74, 6) is 0. The monoisotopic (exact) mass is 304 g/mol. The highest BCUT2D eigenvalue weighted by Gasteiger charge is 2.14. The number of nitriles is 2. The van der Waals surface area contributed by atoms with E-state index in [9.17, 15) is 10.5 Å². The lowest BCUT2D eigenvalue weighted by Gasteiger charge is -2.11. The number of benzene rings is 4. The van der Waals surface area contributed by atoms with Gasteiger partial charge in [-0.1, -0.05) is 66.7 Å². The molecule has 0 N–H and O–H groups in total. The third-order valence-electron chi connectivity index (χ3n) is 4.35. The molecular formula is C22H12N2. The van der Waals surface area contributed by atoms with Crippen molar-refractivity contribution in [2.24, 2.45) is 0 Å².